The van der Waals surface area contributed by atoms with Crippen molar-refractivity contribution in [2.24, 2.45) is 0 Å². The van der Waals surface area contributed by atoms with Crippen molar-refractivity contribution in [1.82, 2.24) is 0 Å². The number of terminal acetylenes is 1. The van der Waals surface area contributed by atoms with E-state index in [4.69, 9.17) is 11.2 Å². The second-order valence-electron chi connectivity index (χ2n) is 2.39. The summed E-state index contributed by atoms with van der Waals surface area (Å²) in [4.78, 5) is 0. The van der Waals surface area contributed by atoms with Gasteiger partial charge in [0.2, 0.25) is 0 Å². The number of phenols is 1. The number of hydrogen-bond acceptors (Lipinski definition) is 2. The number of rotatable bonds is 2. The first-order valence-electron chi connectivity index (χ1n) is 3.57. The molecule has 2 heteroatoms. The molecule has 0 amide bonds. The second kappa shape index (κ2) is 3.68. The molecule has 0 aliphatic carbocycles. The Hall–Kier alpha value is -1.62. The van der Waals surface area contributed by atoms with Crippen molar-refractivity contribution in [3.8, 4) is 23.8 Å². The van der Waals surface area contributed by atoms with E-state index in [2.05, 4.69) is 5.92 Å². The average Bonchev–Trinajstić information content (AvgIpc) is 2.09. The zero-order valence-corrected chi connectivity index (χ0v) is 6.87. The third kappa shape index (κ3) is 1.70. The maximum Gasteiger partial charge on any atom is 0.160 e. The maximum absolute atomic E-state index is 9.23. The van der Waals surface area contributed by atoms with Crippen molar-refractivity contribution < 1.29 is 9.84 Å². The fourth-order valence-electron chi connectivity index (χ4n) is 0.950. The van der Waals surface area contributed by atoms with E-state index in [1.165, 1.54) is 7.11 Å². The Morgan fingerprint density at radius 2 is 2.33 bits per heavy atom. The Balaban J connectivity index is 2.98. The predicted molar refractivity (Wildman–Crippen MR) is 47.2 cm³/mol. The predicted octanol–water partition coefficient (Wildman–Crippen LogP) is 1.58. The van der Waals surface area contributed by atoms with E-state index in [0.29, 0.717) is 12.2 Å². The topological polar surface area (TPSA) is 29.5 Å². The number of benzene rings is 1. The minimum absolute atomic E-state index is 0.137. The smallest absolute Gasteiger partial charge is 0.160 e. The monoisotopic (exact) mass is 162 g/mol. The number of aromatic hydroxyl groups is 1. The van der Waals surface area contributed by atoms with E-state index >= 15 is 0 Å². The summed E-state index contributed by atoms with van der Waals surface area (Å²) in [6.45, 7) is 0. The van der Waals surface area contributed by atoms with Gasteiger partial charge in [-0.15, -0.1) is 12.3 Å². The van der Waals surface area contributed by atoms with Gasteiger partial charge in [0, 0.05) is 6.42 Å². The summed E-state index contributed by atoms with van der Waals surface area (Å²) in [6, 6.07) is 5.08. The molecule has 0 aliphatic rings. The molecule has 2 nitrogen and oxygen atoms in total. The van der Waals surface area contributed by atoms with E-state index in [1.807, 2.05) is 0 Å². The van der Waals surface area contributed by atoms with Crippen molar-refractivity contribution >= 4 is 0 Å². The van der Waals surface area contributed by atoms with Crippen molar-refractivity contribution in [2.75, 3.05) is 7.11 Å². The van der Waals surface area contributed by atoms with Crippen LogP contribution in [0.15, 0.2) is 18.2 Å². The van der Waals surface area contributed by atoms with Crippen LogP contribution in [-0.2, 0) is 6.42 Å². The Labute approximate surface area is 71.8 Å². The normalized spacial score (nSPS) is 9.00. The number of methoxy groups -OCH3 is 1. The van der Waals surface area contributed by atoms with Crippen LogP contribution in [-0.4, -0.2) is 12.2 Å². The number of ether oxygens (including phenoxy) is 1. The summed E-state index contributed by atoms with van der Waals surface area (Å²) in [5.41, 5.74) is 0.965. The van der Waals surface area contributed by atoms with Crippen molar-refractivity contribution in [3.63, 3.8) is 0 Å². The molecule has 0 aliphatic heterocycles. The lowest BCUT2D eigenvalue weighted by atomic mass is 10.1. The van der Waals surface area contributed by atoms with Crippen LogP contribution in [0.4, 0.5) is 0 Å². The van der Waals surface area contributed by atoms with Crippen LogP contribution in [0.1, 0.15) is 5.56 Å². The molecule has 0 atom stereocenters. The molecule has 0 fully saturated rings. The van der Waals surface area contributed by atoms with Gasteiger partial charge in [-0.05, 0) is 17.7 Å². The minimum atomic E-state index is 0.137. The fourth-order valence-corrected chi connectivity index (χ4v) is 0.950. The Bertz CT molecular complexity index is 310. The van der Waals surface area contributed by atoms with Gasteiger partial charge in [0.05, 0.1) is 7.11 Å². The van der Waals surface area contributed by atoms with E-state index in [1.54, 1.807) is 18.2 Å². The lowest BCUT2D eigenvalue weighted by Crippen LogP contribution is -1.86. The average molecular weight is 162 g/mol. The van der Waals surface area contributed by atoms with E-state index in [0.717, 1.165) is 5.56 Å². The molecule has 1 aromatic rings. The lowest BCUT2D eigenvalue weighted by molar-refractivity contribution is 0.373. The third-order valence-corrected chi connectivity index (χ3v) is 1.55. The van der Waals surface area contributed by atoms with Crippen LogP contribution < -0.4 is 4.74 Å². The highest BCUT2D eigenvalue weighted by atomic mass is 16.5. The first-order chi connectivity index (χ1) is 5.77. The molecule has 12 heavy (non-hydrogen) atoms. The number of hydrogen-bond donors (Lipinski definition) is 1. The first kappa shape index (κ1) is 8.48. The molecule has 0 spiro atoms. The van der Waals surface area contributed by atoms with E-state index in [-0.39, 0.29) is 5.75 Å². The largest absolute Gasteiger partial charge is 0.504 e. The van der Waals surface area contributed by atoms with Crippen molar-refractivity contribution in [2.45, 2.75) is 6.42 Å². The van der Waals surface area contributed by atoms with Crippen molar-refractivity contribution in [3.05, 3.63) is 23.8 Å². The molecule has 62 valence electrons. The standard InChI is InChI=1S/C10H10O2/c1-3-4-8-5-6-9(11)10(7-8)12-2/h1,5-7,11H,4H2,2H3. The highest BCUT2D eigenvalue weighted by molar-refractivity contribution is 5.42. The van der Waals surface area contributed by atoms with Gasteiger partial charge < -0.3 is 9.84 Å². The molecule has 0 radical (unpaired) electrons. The molecule has 1 aromatic carbocycles. The van der Waals surface area contributed by atoms with Gasteiger partial charge >= 0.3 is 0 Å². The molecular weight excluding hydrogens is 152 g/mol. The quantitative estimate of drug-likeness (QED) is 0.669. The third-order valence-electron chi connectivity index (χ3n) is 1.55. The second-order valence-corrected chi connectivity index (χ2v) is 2.39. The highest BCUT2D eigenvalue weighted by Crippen LogP contribution is 2.26. The molecular formula is C10H10O2. The van der Waals surface area contributed by atoms with E-state index in [9.17, 15) is 5.11 Å². The van der Waals surface area contributed by atoms with Gasteiger partial charge in [0.1, 0.15) is 0 Å². The summed E-state index contributed by atoms with van der Waals surface area (Å²) in [7, 11) is 1.51. The summed E-state index contributed by atoms with van der Waals surface area (Å²) in [5.74, 6) is 3.12. The first-order valence-corrected chi connectivity index (χ1v) is 3.57. The van der Waals surface area contributed by atoms with Gasteiger partial charge in [0.15, 0.2) is 11.5 Å². The Morgan fingerprint density at radius 1 is 1.58 bits per heavy atom. The Kier molecular flexibility index (Phi) is 2.60. The van der Waals surface area contributed by atoms with Gasteiger partial charge in [0.25, 0.3) is 0 Å². The minimum Gasteiger partial charge on any atom is -0.504 e. The zero-order valence-electron chi connectivity index (χ0n) is 6.87. The van der Waals surface area contributed by atoms with Crippen LogP contribution in [0.3, 0.4) is 0 Å². The number of phenolic OH excluding ortho intramolecular Hbond substituents is 1. The van der Waals surface area contributed by atoms with Gasteiger partial charge in [-0.2, -0.15) is 0 Å². The van der Waals surface area contributed by atoms with Crippen LogP contribution in [0.2, 0.25) is 0 Å². The van der Waals surface area contributed by atoms with Gasteiger partial charge in [-0.1, -0.05) is 6.07 Å². The Morgan fingerprint density at radius 3 is 2.92 bits per heavy atom. The molecule has 0 saturated heterocycles. The fraction of sp³-hybridized carbons (Fsp3) is 0.200. The van der Waals surface area contributed by atoms with Crippen LogP contribution >= 0.6 is 0 Å². The highest BCUT2D eigenvalue weighted by Gasteiger charge is 2.00. The van der Waals surface area contributed by atoms with Crippen molar-refractivity contribution in [1.29, 1.82) is 0 Å². The van der Waals surface area contributed by atoms with Crippen LogP contribution in [0, 0.1) is 12.3 Å². The molecule has 0 unspecified atom stereocenters. The molecule has 0 heterocycles. The molecule has 1 N–H and O–H groups in total. The molecule has 1 rings (SSSR count). The summed E-state index contributed by atoms with van der Waals surface area (Å²) >= 11 is 0. The lowest BCUT2D eigenvalue weighted by Gasteiger charge is -2.03. The SMILES string of the molecule is C#CCc1ccc(O)c(OC)c1. The van der Waals surface area contributed by atoms with E-state index < -0.39 is 0 Å². The maximum atomic E-state index is 9.23. The summed E-state index contributed by atoms with van der Waals surface area (Å²) in [6.07, 6.45) is 5.69. The van der Waals surface area contributed by atoms with Gasteiger partial charge in [-0.3, -0.25) is 0 Å². The van der Waals surface area contributed by atoms with Crippen LogP contribution in [0.25, 0.3) is 0 Å². The molecule has 0 aromatic heterocycles. The molecule has 0 bridgehead atoms. The summed E-state index contributed by atoms with van der Waals surface area (Å²) < 4.78 is 4.91. The van der Waals surface area contributed by atoms with Gasteiger partial charge in [-0.25, -0.2) is 0 Å². The molecule has 0 saturated carbocycles. The zero-order chi connectivity index (χ0) is 8.97. The summed E-state index contributed by atoms with van der Waals surface area (Å²) in [5, 5.41) is 9.23. The van der Waals surface area contributed by atoms with Crippen LogP contribution in [0.5, 0.6) is 11.5 Å².